The number of aliphatic hydroxyl groups excluding tert-OH is 1. The van der Waals surface area contributed by atoms with Crippen LogP contribution in [0.3, 0.4) is 0 Å². The molecule has 1 aromatic carbocycles. The van der Waals surface area contributed by atoms with Crippen molar-refractivity contribution in [1.29, 1.82) is 0 Å². The van der Waals surface area contributed by atoms with Gasteiger partial charge >= 0.3 is 0 Å². The molecule has 1 atom stereocenters. The van der Waals surface area contributed by atoms with Crippen LogP contribution in [-0.4, -0.2) is 35.6 Å². The van der Waals surface area contributed by atoms with Gasteiger partial charge < -0.3 is 10.0 Å². The van der Waals surface area contributed by atoms with E-state index in [2.05, 4.69) is 0 Å². The molecule has 0 saturated carbocycles. The molecule has 1 unspecified atom stereocenters. The van der Waals surface area contributed by atoms with Crippen LogP contribution in [0.4, 0.5) is 0 Å². The van der Waals surface area contributed by atoms with E-state index in [9.17, 15) is 4.79 Å². The molecule has 18 heavy (non-hydrogen) atoms. The number of aliphatic hydroxyl groups is 1. The van der Waals surface area contributed by atoms with Gasteiger partial charge in [-0.2, -0.15) is 0 Å². The first-order valence-corrected chi connectivity index (χ1v) is 6.66. The topological polar surface area (TPSA) is 40.5 Å². The number of likely N-dealkylation sites (tertiary alicyclic amines) is 1. The Morgan fingerprint density at radius 1 is 1.56 bits per heavy atom. The number of hydrogen-bond donors (Lipinski definition) is 1. The quantitative estimate of drug-likeness (QED) is 0.914. The summed E-state index contributed by atoms with van der Waals surface area (Å²) in [6.07, 6.45) is 1.75. The van der Waals surface area contributed by atoms with Crippen molar-refractivity contribution in [3.05, 3.63) is 34.3 Å². The van der Waals surface area contributed by atoms with Crippen LogP contribution < -0.4 is 0 Å². The zero-order chi connectivity index (χ0) is 13.1. The summed E-state index contributed by atoms with van der Waals surface area (Å²) in [5, 5.41) is 9.56. The number of hydrogen-bond acceptors (Lipinski definition) is 2. The molecule has 98 valence electrons. The first kappa shape index (κ1) is 13.4. The second-order valence-electron chi connectivity index (χ2n) is 4.83. The first-order valence-electron chi connectivity index (χ1n) is 6.28. The van der Waals surface area contributed by atoms with E-state index >= 15 is 0 Å². The molecule has 0 aliphatic carbocycles. The van der Waals surface area contributed by atoms with E-state index in [1.54, 1.807) is 6.07 Å². The number of carbonyl (C=O) groups excluding carboxylic acids is 1. The molecule has 1 fully saturated rings. The Balaban J connectivity index is 2.11. The van der Waals surface area contributed by atoms with Crippen molar-refractivity contribution in [3.63, 3.8) is 0 Å². The van der Waals surface area contributed by atoms with Gasteiger partial charge in [-0.1, -0.05) is 17.7 Å². The highest BCUT2D eigenvalue weighted by Gasteiger charge is 2.27. The second-order valence-corrected chi connectivity index (χ2v) is 5.24. The molecule has 1 heterocycles. The first-order chi connectivity index (χ1) is 8.63. The Morgan fingerprint density at radius 2 is 2.33 bits per heavy atom. The minimum Gasteiger partial charge on any atom is -0.396 e. The number of nitrogens with zero attached hydrogens (tertiary/aromatic N) is 1. The van der Waals surface area contributed by atoms with Crippen LogP contribution in [0.25, 0.3) is 0 Å². The van der Waals surface area contributed by atoms with Gasteiger partial charge in [-0.25, -0.2) is 0 Å². The molecule has 1 N–H and O–H groups in total. The number of benzene rings is 1. The van der Waals surface area contributed by atoms with E-state index in [0.29, 0.717) is 16.5 Å². The van der Waals surface area contributed by atoms with E-state index in [-0.39, 0.29) is 12.5 Å². The zero-order valence-corrected chi connectivity index (χ0v) is 11.3. The molecule has 1 amide bonds. The number of carbonyl (C=O) groups is 1. The molecule has 0 radical (unpaired) electrons. The highest BCUT2D eigenvalue weighted by Crippen LogP contribution is 2.24. The van der Waals surface area contributed by atoms with Gasteiger partial charge in [-0.3, -0.25) is 4.79 Å². The smallest absolute Gasteiger partial charge is 0.254 e. The normalized spacial score (nSPS) is 19.3. The molecular weight excluding hydrogens is 250 g/mol. The van der Waals surface area contributed by atoms with Crippen molar-refractivity contribution >= 4 is 17.5 Å². The van der Waals surface area contributed by atoms with Gasteiger partial charge in [-0.15, -0.1) is 0 Å². The second kappa shape index (κ2) is 5.72. The van der Waals surface area contributed by atoms with Crippen LogP contribution in [0.2, 0.25) is 5.02 Å². The summed E-state index contributed by atoms with van der Waals surface area (Å²) in [6, 6.07) is 5.43. The van der Waals surface area contributed by atoms with Crippen molar-refractivity contribution < 1.29 is 9.90 Å². The molecule has 1 aliphatic heterocycles. The number of rotatable bonds is 3. The van der Waals surface area contributed by atoms with Crippen LogP contribution >= 0.6 is 11.6 Å². The van der Waals surface area contributed by atoms with Gasteiger partial charge in [0.15, 0.2) is 0 Å². The van der Waals surface area contributed by atoms with E-state index in [0.717, 1.165) is 31.5 Å². The van der Waals surface area contributed by atoms with Crippen LogP contribution in [0.1, 0.15) is 28.8 Å². The van der Waals surface area contributed by atoms with Crippen molar-refractivity contribution in [2.24, 2.45) is 5.92 Å². The summed E-state index contributed by atoms with van der Waals surface area (Å²) in [6.45, 7) is 3.58. The van der Waals surface area contributed by atoms with E-state index < -0.39 is 0 Å². The van der Waals surface area contributed by atoms with E-state index in [4.69, 9.17) is 16.7 Å². The Labute approximate surface area is 112 Å². The lowest BCUT2D eigenvalue weighted by Crippen LogP contribution is -2.29. The number of amides is 1. The fourth-order valence-electron chi connectivity index (χ4n) is 2.44. The summed E-state index contributed by atoms with van der Waals surface area (Å²) in [7, 11) is 0. The highest BCUT2D eigenvalue weighted by molar-refractivity contribution is 6.31. The van der Waals surface area contributed by atoms with Gasteiger partial charge in [0.1, 0.15) is 0 Å². The molecule has 4 heteroatoms. The maximum atomic E-state index is 12.4. The Bertz CT molecular complexity index is 447. The van der Waals surface area contributed by atoms with Gasteiger partial charge in [0, 0.05) is 30.3 Å². The molecule has 1 aromatic rings. The third-order valence-corrected chi connectivity index (χ3v) is 4.02. The maximum absolute atomic E-state index is 12.4. The van der Waals surface area contributed by atoms with Crippen molar-refractivity contribution in [1.82, 2.24) is 4.90 Å². The monoisotopic (exact) mass is 267 g/mol. The molecule has 0 bridgehead atoms. The molecular formula is C14H18ClNO2. The van der Waals surface area contributed by atoms with Crippen LogP contribution in [0.15, 0.2) is 18.2 Å². The van der Waals surface area contributed by atoms with Crippen molar-refractivity contribution in [2.45, 2.75) is 19.8 Å². The van der Waals surface area contributed by atoms with Gasteiger partial charge in [0.2, 0.25) is 0 Å². The Hall–Kier alpha value is -1.06. The lowest BCUT2D eigenvalue weighted by Gasteiger charge is -2.18. The fraction of sp³-hybridized carbons (Fsp3) is 0.500. The summed E-state index contributed by atoms with van der Waals surface area (Å²) in [5.41, 5.74) is 1.53. The maximum Gasteiger partial charge on any atom is 0.254 e. The van der Waals surface area contributed by atoms with Crippen LogP contribution in [0, 0.1) is 12.8 Å². The molecule has 0 spiro atoms. The van der Waals surface area contributed by atoms with E-state index in [1.807, 2.05) is 24.0 Å². The zero-order valence-electron chi connectivity index (χ0n) is 10.5. The van der Waals surface area contributed by atoms with Crippen LogP contribution in [0.5, 0.6) is 0 Å². The minimum absolute atomic E-state index is 0.0513. The summed E-state index contributed by atoms with van der Waals surface area (Å²) in [4.78, 5) is 14.2. The molecule has 1 saturated heterocycles. The largest absolute Gasteiger partial charge is 0.396 e. The van der Waals surface area contributed by atoms with E-state index in [1.165, 1.54) is 0 Å². The highest BCUT2D eigenvalue weighted by atomic mass is 35.5. The van der Waals surface area contributed by atoms with Crippen LogP contribution in [-0.2, 0) is 0 Å². The average molecular weight is 268 g/mol. The fourth-order valence-corrected chi connectivity index (χ4v) is 2.62. The average Bonchev–Trinajstić information content (AvgIpc) is 2.81. The van der Waals surface area contributed by atoms with Gasteiger partial charge in [-0.05, 0) is 43.4 Å². The van der Waals surface area contributed by atoms with Crippen molar-refractivity contribution in [3.8, 4) is 0 Å². The lowest BCUT2D eigenvalue weighted by molar-refractivity contribution is 0.0784. The van der Waals surface area contributed by atoms with Gasteiger partial charge in [0.25, 0.3) is 5.91 Å². The summed E-state index contributed by atoms with van der Waals surface area (Å²) >= 11 is 6.04. The summed E-state index contributed by atoms with van der Waals surface area (Å²) in [5.74, 6) is 0.480. The number of halogens is 1. The molecule has 2 rings (SSSR count). The Morgan fingerprint density at radius 3 is 3.06 bits per heavy atom. The SMILES string of the molecule is Cc1c(Cl)cccc1C(=O)N1CCC(CCO)C1. The lowest BCUT2D eigenvalue weighted by atomic mass is 10.1. The molecule has 1 aliphatic rings. The third-order valence-electron chi connectivity index (χ3n) is 3.61. The predicted octanol–water partition coefficient (Wildman–Crippen LogP) is 2.49. The molecule has 3 nitrogen and oxygen atoms in total. The predicted molar refractivity (Wildman–Crippen MR) is 71.9 cm³/mol. The standard InChI is InChI=1S/C14H18ClNO2/c1-10-12(3-2-4-13(10)15)14(18)16-7-5-11(9-16)6-8-17/h2-4,11,17H,5-9H2,1H3. The third kappa shape index (κ3) is 2.68. The van der Waals surface area contributed by atoms with Crippen molar-refractivity contribution in [2.75, 3.05) is 19.7 Å². The molecule has 0 aromatic heterocycles. The Kier molecular flexibility index (Phi) is 4.25. The minimum atomic E-state index is 0.0513. The van der Waals surface area contributed by atoms with Gasteiger partial charge in [0.05, 0.1) is 0 Å². The summed E-state index contributed by atoms with van der Waals surface area (Å²) < 4.78 is 0.